The summed E-state index contributed by atoms with van der Waals surface area (Å²) in [6, 6.07) is 6.58. The van der Waals surface area contributed by atoms with Crippen molar-refractivity contribution in [1.29, 1.82) is 0 Å². The van der Waals surface area contributed by atoms with Crippen LogP contribution in [0.5, 0.6) is 0 Å². The summed E-state index contributed by atoms with van der Waals surface area (Å²) >= 11 is 3.67. The number of nitrogens with zero attached hydrogens (tertiary/aromatic N) is 1. The number of rotatable bonds is 9. The molecule has 1 N–H and O–H groups in total. The van der Waals surface area contributed by atoms with E-state index in [1.165, 1.54) is 17.7 Å². The van der Waals surface area contributed by atoms with E-state index in [0.717, 1.165) is 36.6 Å². The predicted octanol–water partition coefficient (Wildman–Crippen LogP) is 3.67. The molecule has 0 aliphatic carbocycles. The van der Waals surface area contributed by atoms with Gasteiger partial charge in [0.25, 0.3) is 0 Å². The van der Waals surface area contributed by atoms with Gasteiger partial charge in [0.05, 0.1) is 6.61 Å². The molecule has 0 aliphatic heterocycles. The second-order valence-electron chi connectivity index (χ2n) is 5.55. The Bertz CT molecular complexity index is 396. The van der Waals surface area contributed by atoms with Gasteiger partial charge in [0.2, 0.25) is 0 Å². The van der Waals surface area contributed by atoms with Crippen molar-refractivity contribution in [3.8, 4) is 0 Å². The molecule has 0 aliphatic rings. The zero-order valence-electron chi connectivity index (χ0n) is 13.1. The first-order valence-corrected chi connectivity index (χ1v) is 8.03. The van der Waals surface area contributed by atoms with Gasteiger partial charge in [-0.15, -0.1) is 0 Å². The molecule has 1 aromatic rings. The smallest absolute Gasteiger partial charge is 0.0587 e. The molecule has 0 radical (unpaired) electrons. The van der Waals surface area contributed by atoms with Crippen molar-refractivity contribution in [2.24, 2.45) is 5.92 Å². The summed E-state index contributed by atoms with van der Waals surface area (Å²) in [7, 11) is 3.88. The van der Waals surface area contributed by atoms with E-state index in [9.17, 15) is 0 Å². The first kappa shape index (κ1) is 17.5. The summed E-state index contributed by atoms with van der Waals surface area (Å²) in [6.07, 6.45) is 1.22. The highest BCUT2D eigenvalue weighted by Crippen LogP contribution is 2.24. The van der Waals surface area contributed by atoms with Crippen LogP contribution >= 0.6 is 15.9 Å². The van der Waals surface area contributed by atoms with Gasteiger partial charge in [-0.05, 0) is 30.0 Å². The molecule has 20 heavy (non-hydrogen) atoms. The Morgan fingerprint density at radius 3 is 2.70 bits per heavy atom. The average Bonchev–Trinajstić information content (AvgIpc) is 2.42. The fraction of sp³-hybridized carbons (Fsp3) is 0.625. The van der Waals surface area contributed by atoms with Crippen LogP contribution in [0.25, 0.3) is 0 Å². The van der Waals surface area contributed by atoms with Gasteiger partial charge in [0.1, 0.15) is 0 Å². The Labute approximate surface area is 131 Å². The lowest BCUT2D eigenvalue weighted by Crippen LogP contribution is -2.21. The molecule has 1 rings (SSSR count). The van der Waals surface area contributed by atoms with Crippen molar-refractivity contribution in [2.75, 3.05) is 38.8 Å². The summed E-state index contributed by atoms with van der Waals surface area (Å²) in [4.78, 5) is 2.31. The third-order valence-electron chi connectivity index (χ3n) is 3.32. The van der Waals surface area contributed by atoms with Gasteiger partial charge < -0.3 is 15.0 Å². The minimum absolute atomic E-state index is 0.741. The highest BCUT2D eigenvalue weighted by atomic mass is 79.9. The molecule has 114 valence electrons. The highest BCUT2D eigenvalue weighted by molar-refractivity contribution is 9.10. The molecule has 0 fully saturated rings. The Kier molecular flexibility index (Phi) is 8.19. The van der Waals surface area contributed by atoms with E-state index in [1.807, 2.05) is 0 Å². The molecule has 0 amide bonds. The molecular weight excluding hydrogens is 316 g/mol. The second kappa shape index (κ2) is 9.37. The lowest BCUT2D eigenvalue weighted by molar-refractivity contribution is 0.199. The molecule has 1 aromatic carbocycles. The molecule has 0 aromatic heterocycles. The van der Waals surface area contributed by atoms with Crippen LogP contribution in [0, 0.1) is 5.92 Å². The Hall–Kier alpha value is -0.580. The molecule has 3 nitrogen and oxygen atoms in total. The maximum atomic E-state index is 5.03. The number of nitrogens with one attached hydrogen (secondary N) is 1. The standard InChI is InChI=1S/C16H27BrN2O/c1-13(2)7-9-19(3)15-6-5-14(16(17)11-15)12-18-8-10-20-4/h5-6,11,13,18H,7-10,12H2,1-4H3. The van der Waals surface area contributed by atoms with Crippen LogP contribution in [0.1, 0.15) is 25.8 Å². The van der Waals surface area contributed by atoms with Crippen LogP contribution in [0.2, 0.25) is 0 Å². The number of ether oxygens (including phenoxy) is 1. The molecule has 0 unspecified atom stereocenters. The van der Waals surface area contributed by atoms with Crippen molar-refractivity contribution in [2.45, 2.75) is 26.8 Å². The van der Waals surface area contributed by atoms with Gasteiger partial charge in [-0.25, -0.2) is 0 Å². The molecule has 0 saturated carbocycles. The van der Waals surface area contributed by atoms with Crippen molar-refractivity contribution in [3.05, 3.63) is 28.2 Å². The topological polar surface area (TPSA) is 24.5 Å². The zero-order valence-corrected chi connectivity index (χ0v) is 14.7. The Morgan fingerprint density at radius 1 is 1.35 bits per heavy atom. The summed E-state index contributed by atoms with van der Waals surface area (Å²) in [5.74, 6) is 0.741. The molecular formula is C16H27BrN2O. The minimum Gasteiger partial charge on any atom is -0.383 e. The maximum absolute atomic E-state index is 5.03. The minimum atomic E-state index is 0.741. The fourth-order valence-electron chi connectivity index (χ4n) is 1.90. The zero-order chi connectivity index (χ0) is 15.0. The van der Waals surface area contributed by atoms with E-state index in [-0.39, 0.29) is 0 Å². The lowest BCUT2D eigenvalue weighted by Gasteiger charge is -2.21. The number of methoxy groups -OCH3 is 1. The van der Waals surface area contributed by atoms with E-state index in [1.54, 1.807) is 7.11 Å². The summed E-state index contributed by atoms with van der Waals surface area (Å²) < 4.78 is 6.19. The number of benzene rings is 1. The van der Waals surface area contributed by atoms with Crippen molar-refractivity contribution in [3.63, 3.8) is 0 Å². The fourth-order valence-corrected chi connectivity index (χ4v) is 2.40. The van der Waals surface area contributed by atoms with Gasteiger partial charge in [0, 0.05) is 44.0 Å². The first-order chi connectivity index (χ1) is 9.54. The molecule has 0 spiro atoms. The molecule has 0 heterocycles. The molecule has 0 bridgehead atoms. The van der Waals surface area contributed by atoms with Crippen LogP contribution < -0.4 is 10.2 Å². The summed E-state index contributed by atoms with van der Waals surface area (Å²) in [5, 5.41) is 3.36. The lowest BCUT2D eigenvalue weighted by atomic mass is 10.1. The van der Waals surface area contributed by atoms with E-state index in [0.29, 0.717) is 0 Å². The Balaban J connectivity index is 2.53. The first-order valence-electron chi connectivity index (χ1n) is 7.23. The maximum Gasteiger partial charge on any atom is 0.0587 e. The molecule has 0 saturated heterocycles. The largest absolute Gasteiger partial charge is 0.383 e. The van der Waals surface area contributed by atoms with Gasteiger partial charge in [-0.3, -0.25) is 0 Å². The number of halogens is 1. The van der Waals surface area contributed by atoms with Gasteiger partial charge in [-0.1, -0.05) is 35.8 Å². The van der Waals surface area contributed by atoms with Crippen molar-refractivity contribution in [1.82, 2.24) is 5.32 Å². The third kappa shape index (κ3) is 6.25. The van der Waals surface area contributed by atoms with Crippen LogP contribution in [-0.4, -0.2) is 33.9 Å². The number of hydrogen-bond acceptors (Lipinski definition) is 3. The quantitative estimate of drug-likeness (QED) is 0.693. The SMILES string of the molecule is COCCNCc1ccc(N(C)CCC(C)C)cc1Br. The average molecular weight is 343 g/mol. The van der Waals surface area contributed by atoms with Gasteiger partial charge >= 0.3 is 0 Å². The summed E-state index contributed by atoms with van der Waals surface area (Å²) in [5.41, 5.74) is 2.54. The van der Waals surface area contributed by atoms with Gasteiger partial charge in [0.15, 0.2) is 0 Å². The second-order valence-corrected chi connectivity index (χ2v) is 6.40. The van der Waals surface area contributed by atoms with E-state index in [4.69, 9.17) is 4.74 Å². The third-order valence-corrected chi connectivity index (χ3v) is 4.06. The van der Waals surface area contributed by atoms with E-state index in [2.05, 4.69) is 65.2 Å². The number of hydrogen-bond donors (Lipinski definition) is 1. The van der Waals surface area contributed by atoms with E-state index >= 15 is 0 Å². The monoisotopic (exact) mass is 342 g/mol. The van der Waals surface area contributed by atoms with Crippen LogP contribution in [0.3, 0.4) is 0 Å². The normalized spacial score (nSPS) is 11.1. The highest BCUT2D eigenvalue weighted by Gasteiger charge is 2.06. The number of anilines is 1. The van der Waals surface area contributed by atoms with Crippen LogP contribution in [-0.2, 0) is 11.3 Å². The predicted molar refractivity (Wildman–Crippen MR) is 90.4 cm³/mol. The van der Waals surface area contributed by atoms with E-state index < -0.39 is 0 Å². The molecule has 4 heteroatoms. The van der Waals surface area contributed by atoms with Crippen LogP contribution in [0.15, 0.2) is 22.7 Å². The van der Waals surface area contributed by atoms with Gasteiger partial charge in [-0.2, -0.15) is 0 Å². The van der Waals surface area contributed by atoms with Crippen molar-refractivity contribution >= 4 is 21.6 Å². The van der Waals surface area contributed by atoms with Crippen LogP contribution in [0.4, 0.5) is 5.69 Å². The molecule has 0 atom stereocenters. The Morgan fingerprint density at radius 2 is 2.10 bits per heavy atom. The summed E-state index contributed by atoms with van der Waals surface area (Å²) in [6.45, 7) is 8.10. The van der Waals surface area contributed by atoms with Crippen molar-refractivity contribution < 1.29 is 4.74 Å².